The third-order valence-corrected chi connectivity index (χ3v) is 5.23. The summed E-state index contributed by atoms with van der Waals surface area (Å²) in [5.74, 6) is 1.03. The maximum atomic E-state index is 12.3. The topological polar surface area (TPSA) is 65.4 Å². The molecule has 1 fully saturated rings. The number of hydrogen-bond acceptors (Lipinski definition) is 4. The van der Waals surface area contributed by atoms with Crippen LogP contribution in [0.5, 0.6) is 5.75 Å². The van der Waals surface area contributed by atoms with E-state index in [2.05, 4.69) is 11.4 Å². The zero-order valence-corrected chi connectivity index (χ0v) is 16.9. The molecule has 2 aromatic carbocycles. The summed E-state index contributed by atoms with van der Waals surface area (Å²) in [6, 6.07) is 17.6. The Balaban J connectivity index is 1.42. The molecule has 1 heterocycles. The molecular formula is C24H29N3O2. The first-order valence-corrected chi connectivity index (χ1v) is 10.4. The molecule has 0 aromatic heterocycles. The van der Waals surface area contributed by atoms with Gasteiger partial charge in [0.15, 0.2) is 0 Å². The summed E-state index contributed by atoms with van der Waals surface area (Å²) in [4.78, 5) is 14.3. The minimum Gasteiger partial charge on any atom is -0.489 e. The quantitative estimate of drug-likeness (QED) is 0.690. The SMILES string of the molecule is N#Cc1ccccc1COc1cccc(CNCCC(=O)N2CCCCCC2)c1. The molecule has 0 unspecified atom stereocenters. The number of rotatable bonds is 8. The van der Waals surface area contributed by atoms with Crippen molar-refractivity contribution in [2.75, 3.05) is 19.6 Å². The Morgan fingerprint density at radius 2 is 1.86 bits per heavy atom. The van der Waals surface area contributed by atoms with Crippen molar-refractivity contribution < 1.29 is 9.53 Å². The van der Waals surface area contributed by atoms with Gasteiger partial charge in [0.2, 0.25) is 5.91 Å². The average Bonchev–Trinajstić information content (AvgIpc) is 3.05. The van der Waals surface area contributed by atoms with E-state index in [0.717, 1.165) is 42.8 Å². The van der Waals surface area contributed by atoms with Crippen molar-refractivity contribution in [3.05, 3.63) is 65.2 Å². The molecule has 0 aliphatic carbocycles. The van der Waals surface area contributed by atoms with Gasteiger partial charge in [-0.05, 0) is 36.6 Å². The maximum Gasteiger partial charge on any atom is 0.223 e. The molecule has 1 aliphatic rings. The van der Waals surface area contributed by atoms with Gasteiger partial charge in [0.25, 0.3) is 0 Å². The van der Waals surface area contributed by atoms with Crippen molar-refractivity contribution in [1.29, 1.82) is 5.26 Å². The Hall–Kier alpha value is -2.84. The van der Waals surface area contributed by atoms with Crippen molar-refractivity contribution in [3.8, 4) is 11.8 Å². The third-order valence-electron chi connectivity index (χ3n) is 5.23. The smallest absolute Gasteiger partial charge is 0.223 e. The second-order valence-electron chi connectivity index (χ2n) is 7.43. The van der Waals surface area contributed by atoms with Crippen LogP contribution in [0.2, 0.25) is 0 Å². The van der Waals surface area contributed by atoms with Crippen LogP contribution in [0.3, 0.4) is 0 Å². The number of carbonyl (C=O) groups is 1. The number of nitriles is 1. The average molecular weight is 392 g/mol. The fourth-order valence-electron chi connectivity index (χ4n) is 3.57. The Bertz CT molecular complexity index is 836. The highest BCUT2D eigenvalue weighted by Crippen LogP contribution is 2.17. The first-order valence-electron chi connectivity index (χ1n) is 10.4. The Labute approximate surface area is 173 Å². The molecule has 1 N–H and O–H groups in total. The number of ether oxygens (including phenoxy) is 1. The molecular weight excluding hydrogens is 362 g/mol. The van der Waals surface area contributed by atoms with Gasteiger partial charge in [-0.3, -0.25) is 4.79 Å². The minimum absolute atomic E-state index is 0.257. The van der Waals surface area contributed by atoms with Crippen LogP contribution in [0.1, 0.15) is 48.8 Å². The van der Waals surface area contributed by atoms with E-state index in [4.69, 9.17) is 4.74 Å². The van der Waals surface area contributed by atoms with E-state index >= 15 is 0 Å². The number of amides is 1. The molecule has 0 atom stereocenters. The Morgan fingerprint density at radius 1 is 1.07 bits per heavy atom. The number of likely N-dealkylation sites (tertiary alicyclic amines) is 1. The number of nitrogens with one attached hydrogen (secondary N) is 1. The van der Waals surface area contributed by atoms with E-state index in [0.29, 0.717) is 31.7 Å². The van der Waals surface area contributed by atoms with E-state index in [1.807, 2.05) is 47.4 Å². The van der Waals surface area contributed by atoms with E-state index in [-0.39, 0.29) is 5.91 Å². The number of hydrogen-bond donors (Lipinski definition) is 1. The normalized spacial score (nSPS) is 14.1. The van der Waals surface area contributed by atoms with Gasteiger partial charge in [-0.1, -0.05) is 43.2 Å². The molecule has 5 heteroatoms. The van der Waals surface area contributed by atoms with Crippen LogP contribution < -0.4 is 10.1 Å². The lowest BCUT2D eigenvalue weighted by Gasteiger charge is -2.20. The number of nitrogens with zero attached hydrogens (tertiary/aromatic N) is 2. The van der Waals surface area contributed by atoms with Crippen LogP contribution in [0.15, 0.2) is 48.5 Å². The molecule has 2 aromatic rings. The summed E-state index contributed by atoms with van der Waals surface area (Å²) < 4.78 is 5.87. The van der Waals surface area contributed by atoms with Gasteiger partial charge in [-0.15, -0.1) is 0 Å². The lowest BCUT2D eigenvalue weighted by molar-refractivity contribution is -0.131. The van der Waals surface area contributed by atoms with Crippen molar-refractivity contribution in [1.82, 2.24) is 10.2 Å². The molecule has 0 bridgehead atoms. The summed E-state index contributed by atoms with van der Waals surface area (Å²) in [6.07, 6.45) is 5.28. The van der Waals surface area contributed by atoms with E-state index in [9.17, 15) is 10.1 Å². The van der Waals surface area contributed by atoms with Gasteiger partial charge in [-0.2, -0.15) is 5.26 Å². The molecule has 1 saturated heterocycles. The van der Waals surface area contributed by atoms with Gasteiger partial charge >= 0.3 is 0 Å². The zero-order chi connectivity index (χ0) is 20.3. The maximum absolute atomic E-state index is 12.3. The minimum atomic E-state index is 0.257. The van der Waals surface area contributed by atoms with Crippen LogP contribution in [0.4, 0.5) is 0 Å². The number of benzene rings is 2. The molecule has 1 amide bonds. The van der Waals surface area contributed by atoms with E-state index < -0.39 is 0 Å². The highest BCUT2D eigenvalue weighted by molar-refractivity contribution is 5.76. The summed E-state index contributed by atoms with van der Waals surface area (Å²) in [5, 5.41) is 12.5. The Morgan fingerprint density at radius 3 is 2.66 bits per heavy atom. The van der Waals surface area contributed by atoms with Crippen molar-refractivity contribution >= 4 is 5.91 Å². The largest absolute Gasteiger partial charge is 0.489 e. The standard InChI is InChI=1S/C24H29N3O2/c25-17-21-9-3-4-10-22(21)19-29-23-11-7-8-20(16-23)18-26-13-12-24(28)27-14-5-1-2-6-15-27/h3-4,7-11,16,26H,1-2,5-6,12-15,18-19H2. The lowest BCUT2D eigenvalue weighted by atomic mass is 10.1. The third kappa shape index (κ3) is 6.62. The molecule has 3 rings (SSSR count). The van der Waals surface area contributed by atoms with Crippen LogP contribution in [0.25, 0.3) is 0 Å². The molecule has 29 heavy (non-hydrogen) atoms. The van der Waals surface area contributed by atoms with Crippen molar-refractivity contribution in [2.24, 2.45) is 0 Å². The zero-order valence-electron chi connectivity index (χ0n) is 16.9. The predicted octanol–water partition coefficient (Wildman–Crippen LogP) is 4.02. The Kier molecular flexibility index (Phi) is 8.09. The summed E-state index contributed by atoms with van der Waals surface area (Å²) in [7, 11) is 0. The van der Waals surface area contributed by atoms with Crippen LogP contribution >= 0.6 is 0 Å². The molecule has 0 spiro atoms. The van der Waals surface area contributed by atoms with E-state index in [1.54, 1.807) is 6.07 Å². The van der Waals surface area contributed by atoms with Crippen molar-refractivity contribution in [2.45, 2.75) is 45.3 Å². The van der Waals surface area contributed by atoms with Crippen LogP contribution in [-0.2, 0) is 17.9 Å². The lowest BCUT2D eigenvalue weighted by Crippen LogP contribution is -2.33. The highest BCUT2D eigenvalue weighted by Gasteiger charge is 2.14. The van der Waals surface area contributed by atoms with Crippen molar-refractivity contribution in [3.63, 3.8) is 0 Å². The second-order valence-corrected chi connectivity index (χ2v) is 7.43. The fraction of sp³-hybridized carbons (Fsp3) is 0.417. The van der Waals surface area contributed by atoms with Gasteiger partial charge in [-0.25, -0.2) is 0 Å². The summed E-state index contributed by atoms with van der Waals surface area (Å²) in [6.45, 7) is 3.56. The number of carbonyl (C=O) groups excluding carboxylic acids is 1. The molecule has 0 saturated carbocycles. The second kappa shape index (κ2) is 11.2. The fourth-order valence-corrected chi connectivity index (χ4v) is 3.57. The van der Waals surface area contributed by atoms with Crippen LogP contribution in [-0.4, -0.2) is 30.4 Å². The van der Waals surface area contributed by atoms with Gasteiger partial charge < -0.3 is 15.0 Å². The van der Waals surface area contributed by atoms with Gasteiger partial charge in [0.05, 0.1) is 11.6 Å². The first-order chi connectivity index (χ1) is 14.3. The summed E-state index contributed by atoms with van der Waals surface area (Å²) in [5.41, 5.74) is 2.63. The monoisotopic (exact) mass is 391 g/mol. The molecule has 1 aliphatic heterocycles. The van der Waals surface area contributed by atoms with Gasteiger partial charge in [0.1, 0.15) is 12.4 Å². The molecule has 5 nitrogen and oxygen atoms in total. The highest BCUT2D eigenvalue weighted by atomic mass is 16.5. The van der Waals surface area contributed by atoms with Crippen LogP contribution in [0, 0.1) is 11.3 Å². The predicted molar refractivity (Wildman–Crippen MR) is 113 cm³/mol. The summed E-state index contributed by atoms with van der Waals surface area (Å²) >= 11 is 0. The first kappa shape index (κ1) is 20.9. The van der Waals surface area contributed by atoms with E-state index in [1.165, 1.54) is 12.8 Å². The molecule has 152 valence electrons. The molecule has 0 radical (unpaired) electrons. The van der Waals surface area contributed by atoms with Gasteiger partial charge in [0, 0.05) is 38.2 Å².